The van der Waals surface area contributed by atoms with Crippen LogP contribution in [0.2, 0.25) is 0 Å². The molecule has 1 atom stereocenters. The lowest BCUT2D eigenvalue weighted by Crippen LogP contribution is -2.59. The number of benzene rings is 2. The van der Waals surface area contributed by atoms with Crippen molar-refractivity contribution in [3.05, 3.63) is 59.7 Å². The van der Waals surface area contributed by atoms with Crippen molar-refractivity contribution < 1.29 is 19.1 Å². The van der Waals surface area contributed by atoms with Gasteiger partial charge >= 0.3 is 0 Å². The summed E-state index contributed by atoms with van der Waals surface area (Å²) in [6.07, 6.45) is 0.483. The molecule has 6 heteroatoms. The Bertz CT molecular complexity index is 800. The normalized spacial score (nSPS) is 17.2. The maximum absolute atomic E-state index is 12.8. The van der Waals surface area contributed by atoms with Crippen LogP contribution in [-0.4, -0.2) is 55.5 Å². The first-order valence-corrected chi connectivity index (χ1v) is 8.82. The third-order valence-corrected chi connectivity index (χ3v) is 4.77. The van der Waals surface area contributed by atoms with Gasteiger partial charge in [-0.15, -0.1) is 0 Å². The van der Waals surface area contributed by atoms with Gasteiger partial charge in [0.05, 0.1) is 20.8 Å². The van der Waals surface area contributed by atoms with Crippen LogP contribution in [0.1, 0.15) is 11.1 Å². The molecular weight excluding hydrogens is 344 g/mol. The summed E-state index contributed by atoms with van der Waals surface area (Å²) in [6.45, 7) is 0.411. The third kappa shape index (κ3) is 4.22. The number of amides is 2. The second kappa shape index (κ2) is 8.12. The highest BCUT2D eigenvalue weighted by molar-refractivity contribution is 5.94. The molecule has 0 radical (unpaired) electrons. The molecule has 1 aliphatic heterocycles. The van der Waals surface area contributed by atoms with Crippen LogP contribution >= 0.6 is 0 Å². The highest BCUT2D eigenvalue weighted by Crippen LogP contribution is 2.26. The number of ether oxygens (including phenoxy) is 2. The van der Waals surface area contributed by atoms with Gasteiger partial charge in [0.2, 0.25) is 11.8 Å². The number of carbonyl (C=O) groups is 2. The maximum atomic E-state index is 12.8. The first kappa shape index (κ1) is 18.8. The molecule has 1 fully saturated rings. The van der Waals surface area contributed by atoms with E-state index in [9.17, 15) is 9.59 Å². The molecule has 0 N–H and O–H groups in total. The molecular formula is C21H24N2O4. The van der Waals surface area contributed by atoms with Gasteiger partial charge in [0, 0.05) is 26.1 Å². The lowest BCUT2D eigenvalue weighted by molar-refractivity contribution is -0.155. The Hall–Kier alpha value is -3.02. The van der Waals surface area contributed by atoms with Crippen molar-refractivity contribution in [2.75, 3.05) is 27.8 Å². The fourth-order valence-electron chi connectivity index (χ4n) is 3.32. The molecule has 0 bridgehead atoms. The summed E-state index contributed by atoms with van der Waals surface area (Å²) in [5.74, 6) is 1.18. The zero-order valence-electron chi connectivity index (χ0n) is 15.8. The summed E-state index contributed by atoms with van der Waals surface area (Å²) in [5, 5.41) is 0. The number of methoxy groups -OCH3 is 2. The molecule has 27 heavy (non-hydrogen) atoms. The van der Waals surface area contributed by atoms with E-state index in [2.05, 4.69) is 0 Å². The Morgan fingerprint density at radius 2 is 1.59 bits per heavy atom. The van der Waals surface area contributed by atoms with Gasteiger partial charge < -0.3 is 19.3 Å². The average molecular weight is 368 g/mol. The van der Waals surface area contributed by atoms with Gasteiger partial charge in [0.25, 0.3) is 0 Å². The number of piperazine rings is 1. The summed E-state index contributed by atoms with van der Waals surface area (Å²) in [6, 6.07) is 14.7. The van der Waals surface area contributed by atoms with Gasteiger partial charge in [0.15, 0.2) is 0 Å². The van der Waals surface area contributed by atoms with Crippen molar-refractivity contribution in [3.8, 4) is 11.5 Å². The number of rotatable bonds is 6. The minimum absolute atomic E-state index is 0.0479. The highest BCUT2D eigenvalue weighted by Gasteiger charge is 2.37. The SMILES string of the molecule is COc1cc(CN2C(=O)CN(C)C(=O)[C@@H]2Cc2ccccc2)cc(OC)c1. The monoisotopic (exact) mass is 368 g/mol. The van der Waals surface area contributed by atoms with Crippen LogP contribution in [0, 0.1) is 0 Å². The molecule has 0 spiro atoms. The van der Waals surface area contributed by atoms with E-state index in [-0.39, 0.29) is 18.4 Å². The zero-order chi connectivity index (χ0) is 19.4. The second-order valence-corrected chi connectivity index (χ2v) is 6.64. The highest BCUT2D eigenvalue weighted by atomic mass is 16.5. The first-order chi connectivity index (χ1) is 13.0. The molecule has 0 unspecified atom stereocenters. The quantitative estimate of drug-likeness (QED) is 0.784. The van der Waals surface area contributed by atoms with E-state index >= 15 is 0 Å². The Kier molecular flexibility index (Phi) is 5.64. The van der Waals surface area contributed by atoms with Crippen molar-refractivity contribution in [2.24, 2.45) is 0 Å². The topological polar surface area (TPSA) is 59.1 Å². The number of hydrogen-bond acceptors (Lipinski definition) is 4. The molecule has 2 aromatic carbocycles. The van der Waals surface area contributed by atoms with Crippen LogP contribution in [0.15, 0.2) is 48.5 Å². The van der Waals surface area contributed by atoms with E-state index in [1.165, 1.54) is 4.90 Å². The molecule has 0 aliphatic carbocycles. The van der Waals surface area contributed by atoms with E-state index in [0.29, 0.717) is 24.5 Å². The summed E-state index contributed by atoms with van der Waals surface area (Å²) >= 11 is 0. The number of nitrogens with zero attached hydrogens (tertiary/aromatic N) is 2. The molecule has 1 aliphatic rings. The fourth-order valence-corrected chi connectivity index (χ4v) is 3.32. The lowest BCUT2D eigenvalue weighted by Gasteiger charge is -2.39. The summed E-state index contributed by atoms with van der Waals surface area (Å²) in [7, 11) is 4.84. The predicted molar refractivity (Wildman–Crippen MR) is 102 cm³/mol. The Morgan fingerprint density at radius 3 is 2.19 bits per heavy atom. The minimum atomic E-state index is -0.532. The molecule has 0 aromatic heterocycles. The van der Waals surface area contributed by atoms with Gasteiger partial charge in [-0.2, -0.15) is 0 Å². The van der Waals surface area contributed by atoms with Crippen molar-refractivity contribution in [3.63, 3.8) is 0 Å². The summed E-state index contributed by atoms with van der Waals surface area (Å²) in [4.78, 5) is 28.7. The van der Waals surface area contributed by atoms with E-state index < -0.39 is 6.04 Å². The van der Waals surface area contributed by atoms with Crippen LogP contribution in [0.3, 0.4) is 0 Å². The van der Waals surface area contributed by atoms with Gasteiger partial charge in [-0.1, -0.05) is 30.3 Å². The zero-order valence-corrected chi connectivity index (χ0v) is 15.8. The number of likely N-dealkylation sites (N-methyl/N-ethyl adjacent to an activating group) is 1. The molecule has 0 saturated carbocycles. The van der Waals surface area contributed by atoms with Gasteiger partial charge in [-0.3, -0.25) is 9.59 Å². The van der Waals surface area contributed by atoms with Crippen molar-refractivity contribution in [2.45, 2.75) is 19.0 Å². The Morgan fingerprint density at radius 1 is 0.963 bits per heavy atom. The molecule has 142 valence electrons. The van der Waals surface area contributed by atoms with E-state index in [1.54, 1.807) is 32.2 Å². The summed E-state index contributed by atoms with van der Waals surface area (Å²) in [5.41, 5.74) is 1.88. The van der Waals surface area contributed by atoms with E-state index in [4.69, 9.17) is 9.47 Å². The van der Waals surface area contributed by atoms with Crippen LogP contribution in [0.4, 0.5) is 0 Å². The first-order valence-electron chi connectivity index (χ1n) is 8.82. The van der Waals surface area contributed by atoms with Crippen LogP contribution < -0.4 is 9.47 Å². The molecule has 1 heterocycles. The second-order valence-electron chi connectivity index (χ2n) is 6.64. The van der Waals surface area contributed by atoms with Gasteiger partial charge in [-0.25, -0.2) is 0 Å². The largest absolute Gasteiger partial charge is 0.497 e. The standard InChI is InChI=1S/C21H24N2O4/c1-22-14-20(24)23(13-16-9-17(26-2)12-18(10-16)27-3)19(21(22)25)11-15-7-5-4-6-8-15/h4-10,12,19H,11,13-14H2,1-3H3/t19-/m0/s1. The maximum Gasteiger partial charge on any atom is 0.245 e. The lowest BCUT2D eigenvalue weighted by atomic mass is 10.00. The van der Waals surface area contributed by atoms with E-state index in [0.717, 1.165) is 11.1 Å². The Balaban J connectivity index is 1.90. The smallest absolute Gasteiger partial charge is 0.245 e. The minimum Gasteiger partial charge on any atom is -0.497 e. The molecule has 6 nitrogen and oxygen atoms in total. The van der Waals surface area contributed by atoms with Gasteiger partial charge in [0.1, 0.15) is 17.5 Å². The van der Waals surface area contributed by atoms with Crippen LogP contribution in [0.5, 0.6) is 11.5 Å². The van der Waals surface area contributed by atoms with Crippen molar-refractivity contribution >= 4 is 11.8 Å². The van der Waals surface area contributed by atoms with Gasteiger partial charge in [-0.05, 0) is 23.3 Å². The number of hydrogen-bond donors (Lipinski definition) is 0. The van der Waals surface area contributed by atoms with Crippen LogP contribution in [0.25, 0.3) is 0 Å². The summed E-state index contributed by atoms with van der Waals surface area (Å²) < 4.78 is 10.6. The van der Waals surface area contributed by atoms with Crippen LogP contribution in [-0.2, 0) is 22.6 Å². The fraction of sp³-hybridized carbons (Fsp3) is 0.333. The molecule has 3 rings (SSSR count). The van der Waals surface area contributed by atoms with Crippen molar-refractivity contribution in [1.82, 2.24) is 9.80 Å². The number of carbonyl (C=O) groups excluding carboxylic acids is 2. The average Bonchev–Trinajstić information content (AvgIpc) is 2.69. The predicted octanol–water partition coefficient (Wildman–Crippen LogP) is 2.12. The van der Waals surface area contributed by atoms with E-state index in [1.807, 2.05) is 42.5 Å². The van der Waals surface area contributed by atoms with Crippen molar-refractivity contribution in [1.29, 1.82) is 0 Å². The molecule has 2 amide bonds. The molecule has 1 saturated heterocycles. The molecule has 2 aromatic rings. The third-order valence-electron chi connectivity index (χ3n) is 4.77. The Labute approximate surface area is 159 Å².